The largest absolute Gasteiger partial charge is 0.227 e. The van der Waals surface area contributed by atoms with Crippen LogP contribution in [0, 0.1) is 0 Å². The Morgan fingerprint density at radius 3 is 2.38 bits per heavy atom. The Morgan fingerprint density at radius 1 is 1.31 bits per heavy atom. The van der Waals surface area contributed by atoms with E-state index in [2.05, 4.69) is 0 Å². The highest BCUT2D eigenvalue weighted by atomic mass is 35.5. The van der Waals surface area contributed by atoms with Gasteiger partial charge in [-0.05, 0) is 24.3 Å². The molecule has 0 saturated carbocycles. The topological polar surface area (TPSA) is 34.1 Å². The average molecular weight is 299 g/mol. The number of thioether (sulfide) groups is 1. The predicted octanol–water partition coefficient (Wildman–Crippen LogP) is 3.43. The zero-order chi connectivity index (χ0) is 12.2. The van der Waals surface area contributed by atoms with E-state index in [1.54, 1.807) is 19.1 Å². The van der Waals surface area contributed by atoms with Gasteiger partial charge in [-0.3, -0.25) is 0 Å². The van der Waals surface area contributed by atoms with Crippen LogP contribution in [0.4, 0.5) is 0 Å². The van der Waals surface area contributed by atoms with Crippen molar-refractivity contribution in [3.63, 3.8) is 0 Å². The molecule has 0 heterocycles. The van der Waals surface area contributed by atoms with Crippen molar-refractivity contribution in [2.45, 2.75) is 16.5 Å². The fraction of sp³-hybridized carbons (Fsp3) is 0.400. The molecular weight excluding hydrogens is 287 g/mol. The number of sulfone groups is 1. The molecule has 0 fully saturated rings. The number of hydrogen-bond donors (Lipinski definition) is 0. The Labute approximate surface area is 110 Å². The first-order valence-corrected chi connectivity index (χ1v) is 8.21. The summed E-state index contributed by atoms with van der Waals surface area (Å²) in [4.78, 5) is 0.960. The van der Waals surface area contributed by atoms with Gasteiger partial charge in [0.15, 0.2) is 9.84 Å². The van der Waals surface area contributed by atoms with Gasteiger partial charge in [0, 0.05) is 21.4 Å². The van der Waals surface area contributed by atoms with Gasteiger partial charge in [-0.2, -0.15) is 0 Å². The van der Waals surface area contributed by atoms with Gasteiger partial charge in [0.25, 0.3) is 0 Å². The Morgan fingerprint density at radius 2 is 1.88 bits per heavy atom. The molecule has 1 aromatic rings. The summed E-state index contributed by atoms with van der Waals surface area (Å²) >= 11 is 13.0. The van der Waals surface area contributed by atoms with Crippen molar-refractivity contribution >= 4 is 44.8 Å². The van der Waals surface area contributed by atoms with E-state index in [1.807, 2.05) is 12.1 Å². The van der Waals surface area contributed by atoms with Gasteiger partial charge in [0.2, 0.25) is 0 Å². The van der Waals surface area contributed by atoms with E-state index in [4.69, 9.17) is 23.2 Å². The van der Waals surface area contributed by atoms with Crippen LogP contribution in [0.5, 0.6) is 0 Å². The molecule has 0 radical (unpaired) electrons. The number of benzene rings is 1. The van der Waals surface area contributed by atoms with Crippen LogP contribution in [0.25, 0.3) is 0 Å². The summed E-state index contributed by atoms with van der Waals surface area (Å²) in [5.74, 6) is 0.418. The molecule has 1 unspecified atom stereocenters. The minimum atomic E-state index is -3.16. The molecule has 1 aromatic carbocycles. The minimum absolute atomic E-state index is 0.0718. The number of rotatable bonds is 5. The first-order valence-electron chi connectivity index (χ1n) is 4.69. The van der Waals surface area contributed by atoms with Crippen LogP contribution in [0.15, 0.2) is 29.2 Å². The van der Waals surface area contributed by atoms with Gasteiger partial charge in [-0.1, -0.05) is 18.5 Å². The van der Waals surface area contributed by atoms with Gasteiger partial charge >= 0.3 is 0 Å². The monoisotopic (exact) mass is 298 g/mol. The van der Waals surface area contributed by atoms with E-state index < -0.39 is 14.5 Å². The molecule has 0 aliphatic rings. The molecule has 0 spiro atoms. The second-order valence-electron chi connectivity index (χ2n) is 3.13. The maximum Gasteiger partial charge on any atom is 0.167 e. The average Bonchev–Trinajstić information content (AvgIpc) is 2.28. The Balaban J connectivity index is 2.55. The molecule has 16 heavy (non-hydrogen) atoms. The van der Waals surface area contributed by atoms with Crippen LogP contribution in [0.2, 0.25) is 5.02 Å². The zero-order valence-corrected chi connectivity index (χ0v) is 11.8. The SMILES string of the molecule is CCS(=O)(=O)C(Cl)CSc1ccc(Cl)cc1. The normalized spacial score (nSPS) is 13.7. The van der Waals surface area contributed by atoms with Crippen LogP contribution < -0.4 is 0 Å². The zero-order valence-electron chi connectivity index (χ0n) is 8.69. The Bertz CT molecular complexity index is 429. The summed E-state index contributed by atoms with van der Waals surface area (Å²) in [7, 11) is -3.16. The predicted molar refractivity (Wildman–Crippen MR) is 71.3 cm³/mol. The quantitative estimate of drug-likeness (QED) is 0.617. The molecule has 1 atom stereocenters. The minimum Gasteiger partial charge on any atom is -0.227 e. The van der Waals surface area contributed by atoms with E-state index in [0.717, 1.165) is 4.90 Å². The van der Waals surface area contributed by atoms with Gasteiger partial charge in [-0.15, -0.1) is 23.4 Å². The standard InChI is InChI=1S/C10H12Cl2O2S2/c1-2-16(13,14)10(12)7-15-9-5-3-8(11)4-6-9/h3-6,10H,2,7H2,1H3. The van der Waals surface area contributed by atoms with Gasteiger partial charge in [-0.25, -0.2) is 8.42 Å². The lowest BCUT2D eigenvalue weighted by atomic mass is 10.4. The van der Waals surface area contributed by atoms with Crippen LogP contribution in [-0.2, 0) is 9.84 Å². The van der Waals surface area contributed by atoms with Crippen LogP contribution in [0.1, 0.15) is 6.92 Å². The second-order valence-corrected chi connectivity index (χ2v) is 7.91. The molecule has 6 heteroatoms. The molecule has 0 aromatic heterocycles. The second kappa shape index (κ2) is 6.15. The molecular formula is C10H12Cl2O2S2. The molecule has 90 valence electrons. The molecule has 2 nitrogen and oxygen atoms in total. The van der Waals surface area contributed by atoms with Crippen molar-refractivity contribution in [3.8, 4) is 0 Å². The Hall–Kier alpha value is 0.1000. The highest BCUT2D eigenvalue weighted by molar-refractivity contribution is 8.01. The molecule has 0 saturated heterocycles. The van der Waals surface area contributed by atoms with Gasteiger partial charge in [0.05, 0.1) is 0 Å². The highest BCUT2D eigenvalue weighted by Gasteiger charge is 2.20. The maximum atomic E-state index is 11.4. The van der Waals surface area contributed by atoms with Crippen LogP contribution in [-0.4, -0.2) is 24.6 Å². The Kier molecular flexibility index (Phi) is 5.44. The first-order chi connectivity index (χ1) is 7.45. The van der Waals surface area contributed by atoms with Crippen molar-refractivity contribution < 1.29 is 8.42 Å². The molecule has 0 aliphatic carbocycles. The van der Waals surface area contributed by atoms with E-state index >= 15 is 0 Å². The summed E-state index contributed by atoms with van der Waals surface area (Å²) in [6, 6.07) is 7.22. The fourth-order valence-electron chi connectivity index (χ4n) is 0.977. The summed E-state index contributed by atoms with van der Waals surface area (Å²) < 4.78 is 22.0. The maximum absolute atomic E-state index is 11.4. The first kappa shape index (κ1) is 14.2. The lowest BCUT2D eigenvalue weighted by Crippen LogP contribution is -2.19. The third kappa shape index (κ3) is 4.17. The van der Waals surface area contributed by atoms with E-state index in [0.29, 0.717) is 10.8 Å². The summed E-state index contributed by atoms with van der Waals surface area (Å²) in [5, 5.41) is 0.660. The lowest BCUT2D eigenvalue weighted by Gasteiger charge is -2.08. The van der Waals surface area contributed by atoms with Gasteiger partial charge in [0.1, 0.15) is 4.71 Å². The fourth-order valence-corrected chi connectivity index (χ4v) is 3.72. The van der Waals surface area contributed by atoms with Crippen LogP contribution in [0.3, 0.4) is 0 Å². The van der Waals surface area contributed by atoms with Crippen molar-refractivity contribution in [2.24, 2.45) is 0 Å². The third-order valence-corrected chi connectivity index (χ3v) is 6.46. The van der Waals surface area contributed by atoms with Crippen LogP contribution >= 0.6 is 35.0 Å². The van der Waals surface area contributed by atoms with E-state index in [1.165, 1.54) is 11.8 Å². The molecule has 0 bridgehead atoms. The van der Waals surface area contributed by atoms with Crippen molar-refractivity contribution in [1.29, 1.82) is 0 Å². The highest BCUT2D eigenvalue weighted by Crippen LogP contribution is 2.24. The molecule has 1 rings (SSSR count). The molecule has 0 N–H and O–H groups in total. The summed E-state index contributed by atoms with van der Waals surface area (Å²) in [6.07, 6.45) is 0. The smallest absolute Gasteiger partial charge is 0.167 e. The number of halogens is 2. The van der Waals surface area contributed by atoms with Crippen molar-refractivity contribution in [1.82, 2.24) is 0 Å². The summed E-state index contributed by atoms with van der Waals surface area (Å²) in [5.41, 5.74) is 0. The van der Waals surface area contributed by atoms with Gasteiger partial charge < -0.3 is 0 Å². The molecule has 0 aliphatic heterocycles. The van der Waals surface area contributed by atoms with E-state index in [-0.39, 0.29) is 5.75 Å². The van der Waals surface area contributed by atoms with Crippen molar-refractivity contribution in [2.75, 3.05) is 11.5 Å². The summed E-state index contributed by atoms with van der Waals surface area (Å²) in [6.45, 7) is 1.59. The van der Waals surface area contributed by atoms with E-state index in [9.17, 15) is 8.42 Å². The lowest BCUT2D eigenvalue weighted by molar-refractivity contribution is 0.596. The van der Waals surface area contributed by atoms with Crippen molar-refractivity contribution in [3.05, 3.63) is 29.3 Å². The molecule has 0 amide bonds. The number of hydrogen-bond acceptors (Lipinski definition) is 3. The number of alkyl halides is 1. The third-order valence-electron chi connectivity index (χ3n) is 1.99.